The Bertz CT molecular complexity index is 1730. The fourth-order valence-electron chi connectivity index (χ4n) is 6.28. The summed E-state index contributed by atoms with van der Waals surface area (Å²) in [6.45, 7) is 4.35. The van der Waals surface area contributed by atoms with Crippen LogP contribution in [0, 0.1) is 18.7 Å². The first kappa shape index (κ1) is 31.4. The number of hydrogen-bond acceptors (Lipinski definition) is 10. The number of thiazole rings is 1. The number of nitrogens with one attached hydrogen (secondary N) is 1. The van der Waals surface area contributed by atoms with Crippen molar-refractivity contribution in [1.29, 1.82) is 0 Å². The number of carbonyl (C=O) groups is 3. The van der Waals surface area contributed by atoms with Gasteiger partial charge in [0, 0.05) is 62.0 Å². The van der Waals surface area contributed by atoms with Crippen molar-refractivity contribution >= 4 is 35.0 Å². The van der Waals surface area contributed by atoms with E-state index in [1.54, 1.807) is 37.6 Å². The van der Waals surface area contributed by atoms with E-state index in [2.05, 4.69) is 15.3 Å². The maximum Gasteiger partial charge on any atom is 0.338 e. The smallest absolute Gasteiger partial charge is 0.338 e. The summed E-state index contributed by atoms with van der Waals surface area (Å²) < 4.78 is 36.5. The Labute approximate surface area is 267 Å². The third-order valence-corrected chi connectivity index (χ3v) is 9.45. The van der Waals surface area contributed by atoms with Crippen LogP contribution in [-0.4, -0.2) is 87.0 Å². The van der Waals surface area contributed by atoms with Gasteiger partial charge in [0.05, 0.1) is 30.0 Å². The maximum absolute atomic E-state index is 16.3. The molecule has 14 heteroatoms. The molecular formula is C32H32F2N6O5S. The summed E-state index contributed by atoms with van der Waals surface area (Å²) in [6.07, 6.45) is 2.81. The molecule has 0 saturated carbocycles. The van der Waals surface area contributed by atoms with E-state index in [1.807, 2.05) is 4.90 Å². The number of amides is 1. The van der Waals surface area contributed by atoms with E-state index in [4.69, 9.17) is 14.8 Å². The average Bonchev–Trinajstić information content (AvgIpc) is 3.66. The van der Waals surface area contributed by atoms with Gasteiger partial charge in [0.15, 0.2) is 16.5 Å². The molecule has 2 N–H and O–H groups in total. The summed E-state index contributed by atoms with van der Waals surface area (Å²) in [5, 5.41) is 14.8. The van der Waals surface area contributed by atoms with Crippen molar-refractivity contribution in [1.82, 2.24) is 25.1 Å². The zero-order valence-electron chi connectivity index (χ0n) is 25.2. The highest BCUT2D eigenvalue weighted by Gasteiger charge is 2.57. The normalized spacial score (nSPS) is 23.2. The molecule has 46 heavy (non-hydrogen) atoms. The fraction of sp³-hybridized carbons (Fsp3) is 0.375. The van der Waals surface area contributed by atoms with Gasteiger partial charge in [0.2, 0.25) is 0 Å². The summed E-state index contributed by atoms with van der Waals surface area (Å²) in [4.78, 5) is 54.7. The minimum atomic E-state index is -2.05. The Morgan fingerprint density at radius 1 is 1.20 bits per heavy atom. The van der Waals surface area contributed by atoms with Gasteiger partial charge in [0.1, 0.15) is 11.9 Å². The van der Waals surface area contributed by atoms with Crippen molar-refractivity contribution in [2.75, 3.05) is 32.8 Å². The van der Waals surface area contributed by atoms with E-state index in [1.165, 1.54) is 40.6 Å². The first-order valence-corrected chi connectivity index (χ1v) is 15.8. The minimum absolute atomic E-state index is 0.0217. The third-order valence-electron chi connectivity index (χ3n) is 8.67. The molecule has 240 valence electrons. The van der Waals surface area contributed by atoms with Crippen LogP contribution in [0.4, 0.5) is 8.78 Å². The van der Waals surface area contributed by atoms with Crippen LogP contribution in [-0.2, 0) is 20.9 Å². The third kappa shape index (κ3) is 5.89. The first-order chi connectivity index (χ1) is 22.1. The van der Waals surface area contributed by atoms with E-state index in [-0.39, 0.29) is 56.9 Å². The number of pyridine rings is 1. The van der Waals surface area contributed by atoms with Gasteiger partial charge in [-0.2, -0.15) is 0 Å². The van der Waals surface area contributed by atoms with E-state index in [0.29, 0.717) is 33.4 Å². The highest BCUT2D eigenvalue weighted by molar-refractivity contribution is 7.11. The van der Waals surface area contributed by atoms with Gasteiger partial charge in [-0.1, -0.05) is 12.1 Å². The SMILES string of the molecule is CCOC(=O)C1=C(CN2CC[C@]3(F)C(=O)N(Cc4ccc(C(=O)O)cn4)C[C@@H]3C2)NC(c2nccs2)=N[C@H]1c1cccc(F)c1C. The number of esters is 1. The molecule has 11 nitrogen and oxygen atoms in total. The Kier molecular flexibility index (Phi) is 8.66. The molecule has 2 saturated heterocycles. The highest BCUT2D eigenvalue weighted by Crippen LogP contribution is 2.41. The van der Waals surface area contributed by atoms with Crippen molar-refractivity contribution in [2.24, 2.45) is 10.9 Å². The number of likely N-dealkylation sites (tertiary alicyclic amines) is 2. The second-order valence-corrected chi connectivity index (χ2v) is 12.4. The van der Waals surface area contributed by atoms with Crippen molar-refractivity contribution in [3.05, 3.63) is 92.6 Å². The number of nitrogens with zero attached hydrogens (tertiary/aromatic N) is 5. The number of rotatable bonds is 9. The van der Waals surface area contributed by atoms with Gasteiger partial charge in [-0.25, -0.2) is 23.4 Å². The molecule has 2 fully saturated rings. The van der Waals surface area contributed by atoms with E-state index in [9.17, 15) is 18.8 Å². The predicted octanol–water partition coefficient (Wildman–Crippen LogP) is 3.66. The van der Waals surface area contributed by atoms with Crippen LogP contribution in [0.2, 0.25) is 0 Å². The van der Waals surface area contributed by atoms with Gasteiger partial charge >= 0.3 is 11.9 Å². The molecule has 1 aromatic carbocycles. The summed E-state index contributed by atoms with van der Waals surface area (Å²) in [5.41, 5.74) is 0.0174. The van der Waals surface area contributed by atoms with Gasteiger partial charge in [0.25, 0.3) is 5.91 Å². The number of benzene rings is 1. The molecule has 2 aromatic heterocycles. The first-order valence-electron chi connectivity index (χ1n) is 14.9. The molecule has 0 spiro atoms. The molecule has 3 aromatic rings. The number of aromatic carboxylic acids is 1. The van der Waals surface area contributed by atoms with E-state index in [0.717, 1.165) is 0 Å². The molecular weight excluding hydrogens is 618 g/mol. The molecule has 3 atom stereocenters. The number of halogens is 2. The number of hydrogen-bond donors (Lipinski definition) is 2. The summed E-state index contributed by atoms with van der Waals surface area (Å²) >= 11 is 1.36. The molecule has 0 radical (unpaired) electrons. The molecule has 1 amide bonds. The number of carboxylic acid groups (broad SMARTS) is 1. The second-order valence-electron chi connectivity index (χ2n) is 11.5. The van der Waals surface area contributed by atoms with Crippen LogP contribution >= 0.6 is 11.3 Å². The van der Waals surface area contributed by atoms with Crippen molar-refractivity contribution in [3.63, 3.8) is 0 Å². The van der Waals surface area contributed by atoms with Gasteiger partial charge in [-0.3, -0.25) is 19.7 Å². The molecule has 0 aliphatic carbocycles. The number of carboxylic acids is 1. The van der Waals surface area contributed by atoms with Crippen LogP contribution < -0.4 is 5.32 Å². The largest absolute Gasteiger partial charge is 0.478 e. The Balaban J connectivity index is 1.28. The highest BCUT2D eigenvalue weighted by atomic mass is 32.1. The summed E-state index contributed by atoms with van der Waals surface area (Å²) in [7, 11) is 0. The molecule has 0 bridgehead atoms. The Morgan fingerprint density at radius 3 is 2.72 bits per heavy atom. The van der Waals surface area contributed by atoms with Crippen molar-refractivity contribution < 1.29 is 33.0 Å². The van der Waals surface area contributed by atoms with Gasteiger partial charge < -0.3 is 20.1 Å². The molecule has 0 unspecified atom stereocenters. The average molecular weight is 651 g/mol. The lowest BCUT2D eigenvalue weighted by atomic mass is 9.84. The van der Waals surface area contributed by atoms with Crippen LogP contribution in [0.3, 0.4) is 0 Å². The quantitative estimate of drug-likeness (QED) is 0.333. The minimum Gasteiger partial charge on any atom is -0.478 e. The number of carbonyl (C=O) groups excluding carboxylic acids is 2. The lowest BCUT2D eigenvalue weighted by molar-refractivity contribution is -0.141. The van der Waals surface area contributed by atoms with E-state index < -0.39 is 41.3 Å². The number of fused-ring (bicyclic) bond motifs is 1. The lowest BCUT2D eigenvalue weighted by Gasteiger charge is -2.38. The number of aliphatic imine (C=N–C) groups is 1. The maximum atomic E-state index is 16.3. The predicted molar refractivity (Wildman–Crippen MR) is 164 cm³/mol. The Morgan fingerprint density at radius 2 is 2.02 bits per heavy atom. The van der Waals surface area contributed by atoms with Crippen molar-refractivity contribution in [3.8, 4) is 0 Å². The molecule has 6 rings (SSSR count). The van der Waals surface area contributed by atoms with Crippen LogP contribution in [0.15, 0.2) is 64.4 Å². The van der Waals surface area contributed by atoms with Crippen LogP contribution in [0.25, 0.3) is 0 Å². The van der Waals surface area contributed by atoms with Gasteiger partial charge in [-0.15, -0.1) is 11.3 Å². The topological polar surface area (TPSA) is 137 Å². The standard InChI is InChI=1S/C32H32F2N6O5S/c1-3-45-30(43)25-24(37-27(28-35-10-12-46-28)38-26(25)22-5-4-6-23(33)18(22)2)17-39-11-9-32(34)20(14-39)15-40(31(32)44)16-21-8-7-19(13-36-21)29(41)42/h4-8,10,12-13,20,26H,3,9,11,14-17H2,1-2H3,(H,37,38)(H,41,42)/t20-,26-,32+/m0/s1. The molecule has 5 heterocycles. The van der Waals surface area contributed by atoms with E-state index >= 15 is 4.39 Å². The molecule has 3 aliphatic rings. The monoisotopic (exact) mass is 650 g/mol. The zero-order valence-corrected chi connectivity index (χ0v) is 26.0. The second kappa shape index (κ2) is 12.7. The number of amidine groups is 1. The van der Waals surface area contributed by atoms with Crippen LogP contribution in [0.1, 0.15) is 51.6 Å². The lowest BCUT2D eigenvalue weighted by Crippen LogP contribution is -2.52. The number of piperidine rings is 1. The summed E-state index contributed by atoms with van der Waals surface area (Å²) in [5.74, 6) is -2.96. The zero-order chi connectivity index (χ0) is 32.6. The summed E-state index contributed by atoms with van der Waals surface area (Å²) in [6, 6.07) is 6.70. The van der Waals surface area contributed by atoms with Crippen molar-refractivity contribution in [2.45, 2.75) is 38.5 Å². The number of aromatic nitrogens is 2. The fourth-order valence-corrected chi connectivity index (χ4v) is 6.86. The Hall–Kier alpha value is -4.56. The van der Waals surface area contributed by atoms with Crippen LogP contribution in [0.5, 0.6) is 0 Å². The van der Waals surface area contributed by atoms with Gasteiger partial charge in [-0.05, 0) is 43.2 Å². The molecule has 3 aliphatic heterocycles. The number of ether oxygens (including phenoxy) is 1. The number of alkyl halides is 1.